The number of aliphatic hydroxyl groups is 1. The number of piperazine rings is 1. The van der Waals surface area contributed by atoms with E-state index in [0.717, 1.165) is 47.2 Å². The molecule has 3 aliphatic heterocycles. The van der Waals surface area contributed by atoms with Crippen molar-refractivity contribution in [2.75, 3.05) is 40.5 Å². The zero-order chi connectivity index (χ0) is 37.2. The number of β-amino-alcohol motifs (C(OH)–C–C–N with tert-alkyl or cyclic N) is 1. The minimum absolute atomic E-state index is 0.00139. The molecule has 4 aliphatic rings. The van der Waals surface area contributed by atoms with Crippen LogP contribution in [0.2, 0.25) is 0 Å². The Kier molecular flexibility index (Phi) is 11.0. The standard InChI is InChI=1S/C40H45F3N4O6/c1-51-29-14-24(15-30(18-29)52-2)20-47(27-9-10-27)40(50)36-31(16-26-21-46(22-35(36)45-26)39(49)34-17-28(48)19-44-34)25-7-5-23(6-8-25)4-3-13-53-38-33(42)12-11-32(41)37(38)43/h5-8,11-12,14-15,18,26-28,34-35,44-45,48H,3-4,9-10,13,16-17,19-22H2,1-2H3/t26-,28+,34?,35-/m0/s1. The predicted octanol–water partition coefficient (Wildman–Crippen LogP) is 4.37. The molecule has 13 heteroatoms. The molecular weight excluding hydrogens is 689 g/mol. The third kappa shape index (κ3) is 8.17. The summed E-state index contributed by atoms with van der Waals surface area (Å²) in [4.78, 5) is 32.3. The van der Waals surface area contributed by atoms with Crippen molar-refractivity contribution in [3.05, 3.63) is 94.3 Å². The van der Waals surface area contributed by atoms with Crippen LogP contribution in [0.5, 0.6) is 17.2 Å². The van der Waals surface area contributed by atoms with E-state index in [1.165, 1.54) is 0 Å². The molecule has 0 radical (unpaired) electrons. The highest BCUT2D eigenvalue weighted by molar-refractivity contribution is 6.03. The number of aliphatic hydroxyl groups excluding tert-OH is 1. The number of carbonyl (C=O) groups is 2. The molecule has 2 saturated heterocycles. The Hall–Kier alpha value is -4.59. The van der Waals surface area contributed by atoms with E-state index in [2.05, 4.69) is 10.6 Å². The van der Waals surface area contributed by atoms with Crippen molar-refractivity contribution in [1.82, 2.24) is 20.4 Å². The number of hydrogen-bond donors (Lipinski definition) is 3. The van der Waals surface area contributed by atoms with Gasteiger partial charge in [0, 0.05) is 49.9 Å². The summed E-state index contributed by atoms with van der Waals surface area (Å²) in [5.41, 5.74) is 4.33. The van der Waals surface area contributed by atoms with Gasteiger partial charge in [0.25, 0.3) is 5.91 Å². The first-order valence-corrected chi connectivity index (χ1v) is 18.2. The fraction of sp³-hybridized carbons (Fsp3) is 0.450. The van der Waals surface area contributed by atoms with E-state index in [0.29, 0.717) is 68.9 Å². The summed E-state index contributed by atoms with van der Waals surface area (Å²) in [6.07, 6.45) is 3.12. The summed E-state index contributed by atoms with van der Waals surface area (Å²) >= 11 is 0. The molecule has 7 rings (SSSR count). The Morgan fingerprint density at radius 2 is 1.66 bits per heavy atom. The van der Waals surface area contributed by atoms with Crippen molar-refractivity contribution < 1.29 is 42.1 Å². The quantitative estimate of drug-likeness (QED) is 0.176. The molecule has 53 heavy (non-hydrogen) atoms. The molecule has 4 atom stereocenters. The zero-order valence-corrected chi connectivity index (χ0v) is 29.9. The average molecular weight is 735 g/mol. The van der Waals surface area contributed by atoms with E-state index in [4.69, 9.17) is 14.2 Å². The van der Waals surface area contributed by atoms with E-state index in [-0.39, 0.29) is 30.5 Å². The molecule has 3 N–H and O–H groups in total. The van der Waals surface area contributed by atoms with Gasteiger partial charge in [0.1, 0.15) is 11.5 Å². The molecule has 2 bridgehead atoms. The van der Waals surface area contributed by atoms with Crippen LogP contribution in [0.15, 0.2) is 60.2 Å². The van der Waals surface area contributed by atoms with Crippen LogP contribution in [-0.2, 0) is 22.6 Å². The van der Waals surface area contributed by atoms with Crippen molar-refractivity contribution >= 4 is 17.4 Å². The molecule has 0 spiro atoms. The van der Waals surface area contributed by atoms with Crippen molar-refractivity contribution in [3.8, 4) is 17.2 Å². The Balaban J connectivity index is 1.14. The van der Waals surface area contributed by atoms with E-state index >= 15 is 0 Å². The lowest BCUT2D eigenvalue weighted by atomic mass is 9.82. The summed E-state index contributed by atoms with van der Waals surface area (Å²) in [5.74, 6) is -3.06. The minimum Gasteiger partial charge on any atom is -0.497 e. The van der Waals surface area contributed by atoms with E-state index in [9.17, 15) is 27.9 Å². The van der Waals surface area contributed by atoms with Gasteiger partial charge in [-0.05, 0) is 85.1 Å². The summed E-state index contributed by atoms with van der Waals surface area (Å²) in [6, 6.07) is 14.3. The van der Waals surface area contributed by atoms with Gasteiger partial charge < -0.3 is 39.8 Å². The Morgan fingerprint density at radius 3 is 2.32 bits per heavy atom. The number of carbonyl (C=O) groups excluding carboxylic acids is 2. The highest BCUT2D eigenvalue weighted by Crippen LogP contribution is 2.38. The SMILES string of the molecule is COc1cc(CN(C(=O)C2=C(c3ccc(CCCOc4c(F)ccc(F)c4F)cc3)C[C@H]3CN(C(=O)C4C[C@@H](O)CN4)C[C@@H]2N3)C2CC2)cc(OC)c1. The normalized spacial score (nSPS) is 22.5. The summed E-state index contributed by atoms with van der Waals surface area (Å²) in [5, 5.41) is 16.9. The molecule has 10 nitrogen and oxygen atoms in total. The van der Waals surface area contributed by atoms with Crippen molar-refractivity contribution in [1.29, 1.82) is 0 Å². The molecule has 3 aromatic carbocycles. The van der Waals surface area contributed by atoms with Gasteiger partial charge in [-0.15, -0.1) is 0 Å². The second-order valence-corrected chi connectivity index (χ2v) is 14.3. The molecule has 282 valence electrons. The molecule has 0 aromatic heterocycles. The summed E-state index contributed by atoms with van der Waals surface area (Å²) in [7, 11) is 3.19. The molecule has 3 heterocycles. The first kappa shape index (κ1) is 36.8. The number of hydrogen-bond acceptors (Lipinski definition) is 8. The van der Waals surface area contributed by atoms with Crippen molar-refractivity contribution in [2.24, 2.45) is 0 Å². The first-order valence-electron chi connectivity index (χ1n) is 18.2. The molecule has 3 fully saturated rings. The van der Waals surface area contributed by atoms with Gasteiger partial charge in [0.2, 0.25) is 11.7 Å². The van der Waals surface area contributed by atoms with Crippen LogP contribution in [0.1, 0.15) is 48.8 Å². The lowest BCUT2D eigenvalue weighted by Gasteiger charge is -2.45. The highest BCUT2D eigenvalue weighted by atomic mass is 19.2. The lowest BCUT2D eigenvalue weighted by Crippen LogP contribution is -2.63. The highest BCUT2D eigenvalue weighted by Gasteiger charge is 2.44. The zero-order valence-electron chi connectivity index (χ0n) is 29.9. The van der Waals surface area contributed by atoms with Crippen molar-refractivity contribution in [2.45, 2.75) is 75.3 Å². The first-order chi connectivity index (χ1) is 25.6. The fourth-order valence-electron chi connectivity index (χ4n) is 7.70. The third-order valence-corrected chi connectivity index (χ3v) is 10.5. The number of benzene rings is 3. The smallest absolute Gasteiger partial charge is 0.252 e. The molecule has 3 aromatic rings. The Morgan fingerprint density at radius 1 is 0.943 bits per heavy atom. The van der Waals surface area contributed by atoms with Gasteiger partial charge in [-0.25, -0.2) is 8.78 Å². The summed E-state index contributed by atoms with van der Waals surface area (Å²) in [6.45, 7) is 1.54. The number of nitrogens with zero attached hydrogens (tertiary/aromatic N) is 2. The van der Waals surface area contributed by atoms with Crippen LogP contribution in [0, 0.1) is 17.5 Å². The van der Waals surface area contributed by atoms with Crippen LogP contribution in [0.25, 0.3) is 5.57 Å². The fourth-order valence-corrected chi connectivity index (χ4v) is 7.70. The maximum atomic E-state index is 14.9. The van der Waals surface area contributed by atoms with E-state index in [1.807, 2.05) is 46.2 Å². The third-order valence-electron chi connectivity index (χ3n) is 10.5. The number of rotatable bonds is 13. The molecular formula is C40H45F3N4O6. The van der Waals surface area contributed by atoms with Gasteiger partial charge >= 0.3 is 0 Å². The predicted molar refractivity (Wildman–Crippen MR) is 191 cm³/mol. The summed E-state index contributed by atoms with van der Waals surface area (Å²) < 4.78 is 57.8. The van der Waals surface area contributed by atoms with Crippen LogP contribution in [-0.4, -0.2) is 97.5 Å². The largest absolute Gasteiger partial charge is 0.497 e. The lowest BCUT2D eigenvalue weighted by molar-refractivity contribution is -0.136. The van der Waals surface area contributed by atoms with Gasteiger partial charge in [-0.1, -0.05) is 24.3 Å². The second kappa shape index (κ2) is 15.8. The van der Waals surface area contributed by atoms with Crippen molar-refractivity contribution in [3.63, 3.8) is 0 Å². The van der Waals surface area contributed by atoms with Gasteiger partial charge in [0.15, 0.2) is 17.4 Å². The maximum Gasteiger partial charge on any atom is 0.252 e. The van der Waals surface area contributed by atoms with Crippen LogP contribution >= 0.6 is 0 Å². The molecule has 1 unspecified atom stereocenters. The van der Waals surface area contributed by atoms with Crippen LogP contribution in [0.3, 0.4) is 0 Å². The Labute approximate surface area is 306 Å². The van der Waals surface area contributed by atoms with Crippen LogP contribution < -0.4 is 24.8 Å². The minimum atomic E-state index is -1.34. The van der Waals surface area contributed by atoms with Gasteiger partial charge in [0.05, 0.1) is 39.0 Å². The van der Waals surface area contributed by atoms with Gasteiger partial charge in [-0.2, -0.15) is 4.39 Å². The topological polar surface area (TPSA) is 113 Å². The molecule has 1 saturated carbocycles. The number of amides is 2. The maximum absolute atomic E-state index is 14.9. The second-order valence-electron chi connectivity index (χ2n) is 14.3. The van der Waals surface area contributed by atoms with E-state index < -0.39 is 41.4 Å². The monoisotopic (exact) mass is 734 g/mol. The van der Waals surface area contributed by atoms with Crippen LogP contribution in [0.4, 0.5) is 13.2 Å². The number of halogens is 3. The Bertz CT molecular complexity index is 1850. The number of aryl methyl sites for hydroxylation is 1. The number of methoxy groups -OCH3 is 2. The van der Waals surface area contributed by atoms with Gasteiger partial charge in [-0.3, -0.25) is 9.59 Å². The molecule has 1 aliphatic carbocycles. The number of nitrogens with one attached hydrogen (secondary N) is 2. The molecule has 2 amide bonds. The number of fused-ring (bicyclic) bond motifs is 2. The number of ether oxygens (including phenoxy) is 3. The average Bonchev–Trinajstić information content (AvgIpc) is 3.92. The van der Waals surface area contributed by atoms with E-state index in [1.54, 1.807) is 20.3 Å².